The molecule has 1 aliphatic carbocycles. The van der Waals surface area contributed by atoms with Gasteiger partial charge in [0.25, 0.3) is 5.91 Å². The van der Waals surface area contributed by atoms with Gasteiger partial charge in [0.1, 0.15) is 5.75 Å². The molecule has 1 amide bonds. The van der Waals surface area contributed by atoms with E-state index in [1.165, 1.54) is 6.42 Å². The molecule has 2 aromatic rings. The van der Waals surface area contributed by atoms with Crippen molar-refractivity contribution in [1.29, 1.82) is 0 Å². The highest BCUT2D eigenvalue weighted by Gasteiger charge is 2.15. The molecule has 1 aromatic carbocycles. The molecule has 0 unspecified atom stereocenters. The van der Waals surface area contributed by atoms with Gasteiger partial charge in [0, 0.05) is 29.0 Å². The van der Waals surface area contributed by atoms with Crippen LogP contribution in [0.4, 0.5) is 0 Å². The van der Waals surface area contributed by atoms with Gasteiger partial charge in [-0.2, -0.15) is 0 Å². The van der Waals surface area contributed by atoms with Crippen LogP contribution in [-0.2, 0) is 24.1 Å². The molecular formula is C19H21ClN2O2. The normalized spacial score (nSPS) is 13.2. The van der Waals surface area contributed by atoms with Crippen LogP contribution in [0.2, 0.25) is 5.02 Å². The van der Waals surface area contributed by atoms with Crippen LogP contribution in [0.25, 0.3) is 0 Å². The molecule has 1 N–H and O–H groups in total. The number of hydrogen-bond donors (Lipinski definition) is 1. The fraction of sp³-hybridized carbons (Fsp3) is 0.368. The minimum atomic E-state index is -0.106. The summed E-state index contributed by atoms with van der Waals surface area (Å²) < 4.78 is 5.72. The van der Waals surface area contributed by atoms with Crippen LogP contribution in [0, 0.1) is 0 Å². The molecule has 4 nitrogen and oxygen atoms in total. The summed E-state index contributed by atoms with van der Waals surface area (Å²) in [4.78, 5) is 16.4. The van der Waals surface area contributed by atoms with Crippen molar-refractivity contribution >= 4 is 17.5 Å². The lowest BCUT2D eigenvalue weighted by atomic mass is 9.95. The Morgan fingerprint density at radius 3 is 2.79 bits per heavy atom. The van der Waals surface area contributed by atoms with E-state index in [9.17, 15) is 4.79 Å². The number of nitrogens with one attached hydrogen (secondary N) is 1. The number of carbonyl (C=O) groups excluding carboxylic acids is 1. The number of ether oxygens (including phenoxy) is 1. The van der Waals surface area contributed by atoms with Crippen molar-refractivity contribution in [3.63, 3.8) is 0 Å². The van der Waals surface area contributed by atoms with Gasteiger partial charge in [0.2, 0.25) is 0 Å². The Bertz CT molecular complexity index is 701. The third-order valence-electron chi connectivity index (χ3n) is 4.20. The Balaban J connectivity index is 1.45. The third-order valence-corrected chi connectivity index (χ3v) is 4.45. The largest absolute Gasteiger partial charge is 0.483 e. The van der Waals surface area contributed by atoms with Crippen molar-refractivity contribution in [1.82, 2.24) is 10.3 Å². The second-order valence-electron chi connectivity index (χ2n) is 5.96. The van der Waals surface area contributed by atoms with Gasteiger partial charge in [-0.25, -0.2) is 0 Å². The topological polar surface area (TPSA) is 51.2 Å². The molecule has 0 atom stereocenters. The maximum Gasteiger partial charge on any atom is 0.257 e. The molecule has 0 fully saturated rings. The molecule has 0 radical (unpaired) electrons. The molecule has 0 aliphatic heterocycles. The van der Waals surface area contributed by atoms with Crippen molar-refractivity contribution in [3.05, 3.63) is 58.4 Å². The maximum atomic E-state index is 12.0. The zero-order valence-electron chi connectivity index (χ0n) is 13.6. The summed E-state index contributed by atoms with van der Waals surface area (Å²) in [6.45, 7) is 0.620. The SMILES string of the molecule is O=C(COc1ccnc2c1CCCC2)NCCc1ccc(Cl)cc1. The monoisotopic (exact) mass is 344 g/mol. The molecule has 0 saturated carbocycles. The van der Waals surface area contributed by atoms with Gasteiger partial charge in [-0.05, 0) is 55.9 Å². The van der Waals surface area contributed by atoms with E-state index in [4.69, 9.17) is 16.3 Å². The summed E-state index contributed by atoms with van der Waals surface area (Å²) in [5.41, 5.74) is 3.42. The molecule has 5 heteroatoms. The number of amides is 1. The quantitative estimate of drug-likeness (QED) is 0.874. The first-order valence-corrected chi connectivity index (χ1v) is 8.71. The zero-order chi connectivity index (χ0) is 16.8. The molecule has 0 bridgehead atoms. The van der Waals surface area contributed by atoms with Crippen molar-refractivity contribution < 1.29 is 9.53 Å². The Labute approximate surface area is 147 Å². The first-order chi connectivity index (χ1) is 11.7. The average molecular weight is 345 g/mol. The molecule has 1 aromatic heterocycles. The fourth-order valence-electron chi connectivity index (χ4n) is 2.92. The number of aryl methyl sites for hydroxylation is 1. The average Bonchev–Trinajstić information content (AvgIpc) is 2.61. The molecular weight excluding hydrogens is 324 g/mol. The summed E-state index contributed by atoms with van der Waals surface area (Å²) in [7, 11) is 0. The number of aromatic nitrogens is 1. The van der Waals surface area contributed by atoms with Gasteiger partial charge in [-0.15, -0.1) is 0 Å². The molecule has 1 heterocycles. The molecule has 126 valence electrons. The van der Waals surface area contributed by atoms with Crippen LogP contribution in [0.1, 0.15) is 29.7 Å². The summed E-state index contributed by atoms with van der Waals surface area (Å²) in [6.07, 6.45) is 6.85. The minimum Gasteiger partial charge on any atom is -0.483 e. The molecule has 3 rings (SSSR count). The van der Waals surface area contributed by atoms with Crippen molar-refractivity contribution in [2.75, 3.05) is 13.2 Å². The van der Waals surface area contributed by atoms with Gasteiger partial charge < -0.3 is 10.1 Å². The molecule has 24 heavy (non-hydrogen) atoms. The van der Waals surface area contributed by atoms with E-state index in [0.29, 0.717) is 6.54 Å². The first-order valence-electron chi connectivity index (χ1n) is 8.33. The van der Waals surface area contributed by atoms with Crippen molar-refractivity contribution in [3.8, 4) is 5.75 Å². The number of carbonyl (C=O) groups is 1. The zero-order valence-corrected chi connectivity index (χ0v) is 14.3. The van der Waals surface area contributed by atoms with Crippen molar-refractivity contribution in [2.24, 2.45) is 0 Å². The maximum absolute atomic E-state index is 12.0. The van der Waals surface area contributed by atoms with Gasteiger partial charge in [0.05, 0.1) is 0 Å². The van der Waals surface area contributed by atoms with Crippen LogP contribution in [0.3, 0.4) is 0 Å². The van der Waals surface area contributed by atoms with Gasteiger partial charge >= 0.3 is 0 Å². The van der Waals surface area contributed by atoms with Gasteiger partial charge in [-0.1, -0.05) is 23.7 Å². The van der Waals surface area contributed by atoms with E-state index in [0.717, 1.165) is 53.3 Å². The number of fused-ring (bicyclic) bond motifs is 1. The van der Waals surface area contributed by atoms with Crippen LogP contribution in [-0.4, -0.2) is 24.0 Å². The lowest BCUT2D eigenvalue weighted by Gasteiger charge is -2.18. The lowest BCUT2D eigenvalue weighted by Crippen LogP contribution is -2.30. The van der Waals surface area contributed by atoms with Crippen LogP contribution >= 0.6 is 11.6 Å². The van der Waals surface area contributed by atoms with E-state index < -0.39 is 0 Å². The number of benzene rings is 1. The second-order valence-corrected chi connectivity index (χ2v) is 6.39. The highest BCUT2D eigenvalue weighted by atomic mass is 35.5. The number of pyridine rings is 1. The Hall–Kier alpha value is -2.07. The standard InChI is InChI=1S/C19H21ClN2O2/c20-15-7-5-14(6-8-15)9-11-22-19(23)13-24-18-10-12-21-17-4-2-1-3-16(17)18/h5-8,10,12H,1-4,9,11,13H2,(H,22,23). The summed E-state index contributed by atoms with van der Waals surface area (Å²) in [5, 5.41) is 3.60. The second kappa shape index (κ2) is 8.15. The van der Waals surface area contributed by atoms with Gasteiger partial charge in [0.15, 0.2) is 6.61 Å². The number of rotatable bonds is 6. The number of nitrogens with zero attached hydrogens (tertiary/aromatic N) is 1. The molecule has 0 spiro atoms. The van der Waals surface area contributed by atoms with Crippen LogP contribution in [0.15, 0.2) is 36.5 Å². The number of hydrogen-bond acceptors (Lipinski definition) is 3. The predicted octanol–water partition coefficient (Wildman–Crippen LogP) is 3.35. The summed E-state index contributed by atoms with van der Waals surface area (Å²) in [5.74, 6) is 0.692. The van der Waals surface area contributed by atoms with Crippen LogP contribution < -0.4 is 10.1 Å². The van der Waals surface area contributed by atoms with E-state index in [-0.39, 0.29) is 12.5 Å². The Kier molecular flexibility index (Phi) is 5.70. The first kappa shape index (κ1) is 16.8. The minimum absolute atomic E-state index is 0.0388. The van der Waals surface area contributed by atoms with E-state index >= 15 is 0 Å². The molecule has 1 aliphatic rings. The smallest absolute Gasteiger partial charge is 0.257 e. The Morgan fingerprint density at radius 1 is 1.17 bits per heavy atom. The highest BCUT2D eigenvalue weighted by Crippen LogP contribution is 2.27. The summed E-state index contributed by atoms with van der Waals surface area (Å²) >= 11 is 5.86. The van der Waals surface area contributed by atoms with E-state index in [1.54, 1.807) is 6.20 Å². The van der Waals surface area contributed by atoms with Crippen LogP contribution in [0.5, 0.6) is 5.75 Å². The Morgan fingerprint density at radius 2 is 1.96 bits per heavy atom. The summed E-state index contributed by atoms with van der Waals surface area (Å²) in [6, 6.07) is 9.50. The van der Waals surface area contributed by atoms with Gasteiger partial charge in [-0.3, -0.25) is 9.78 Å². The number of halogens is 1. The van der Waals surface area contributed by atoms with Crippen molar-refractivity contribution in [2.45, 2.75) is 32.1 Å². The molecule has 0 saturated heterocycles. The highest BCUT2D eigenvalue weighted by molar-refractivity contribution is 6.30. The fourth-order valence-corrected chi connectivity index (χ4v) is 3.05. The lowest BCUT2D eigenvalue weighted by molar-refractivity contribution is -0.123. The van der Waals surface area contributed by atoms with E-state index in [2.05, 4.69) is 10.3 Å². The third kappa shape index (κ3) is 4.48. The van der Waals surface area contributed by atoms with E-state index in [1.807, 2.05) is 30.3 Å². The predicted molar refractivity (Wildman–Crippen MR) is 94.5 cm³/mol.